The van der Waals surface area contributed by atoms with Crippen molar-refractivity contribution in [1.82, 2.24) is 24.1 Å². The molecule has 158 valence electrons. The van der Waals surface area contributed by atoms with Crippen LogP contribution in [0.2, 0.25) is 0 Å². The van der Waals surface area contributed by atoms with Crippen LogP contribution in [0.5, 0.6) is 0 Å². The molecule has 1 aliphatic rings. The van der Waals surface area contributed by atoms with Crippen LogP contribution in [0.4, 0.5) is 5.82 Å². The average Bonchev–Trinajstić information content (AvgIpc) is 3.32. The summed E-state index contributed by atoms with van der Waals surface area (Å²) in [7, 11) is 1.91. The van der Waals surface area contributed by atoms with Crippen LogP contribution in [0.25, 0.3) is 16.9 Å². The Kier molecular flexibility index (Phi) is 7.22. The molecule has 0 saturated carbocycles. The number of rotatable bonds is 3. The van der Waals surface area contributed by atoms with E-state index < -0.39 is 0 Å². The second-order valence-electron chi connectivity index (χ2n) is 7.79. The molecule has 4 rings (SSSR count). The highest BCUT2D eigenvalue weighted by Gasteiger charge is 2.16. The summed E-state index contributed by atoms with van der Waals surface area (Å²) in [6.07, 6.45) is 20.2. The first-order chi connectivity index (χ1) is 14.5. The largest absolute Gasteiger partial charge is 0.364 e. The van der Waals surface area contributed by atoms with Crippen molar-refractivity contribution in [3.8, 4) is 11.3 Å². The molecule has 1 atom stereocenters. The lowest BCUT2D eigenvalue weighted by Crippen LogP contribution is -2.21. The Hall–Kier alpha value is -3.15. The first kappa shape index (κ1) is 21.6. The van der Waals surface area contributed by atoms with Gasteiger partial charge in [0.05, 0.1) is 18.1 Å². The standard InChI is InChI=1S/C21H24N6.C3H8/c1-15-6-4-5-7-18(11-16(2)10-15)25-20-21-23-13-19(27(21)9-8-22-20)17-12-24-26(3)14-17;1-3-2/h4,6,8-10,12-14,18H,2,5,7,11H2,1,3H3,(H,22,25);3H2,1-2H3/b6-4-,15-10-;. The molecule has 0 radical (unpaired) electrons. The van der Waals surface area contributed by atoms with Gasteiger partial charge < -0.3 is 5.32 Å². The summed E-state index contributed by atoms with van der Waals surface area (Å²) in [4.78, 5) is 9.17. The third kappa shape index (κ3) is 5.26. The quantitative estimate of drug-likeness (QED) is 0.620. The lowest BCUT2D eigenvalue weighted by molar-refractivity contribution is 0.658. The van der Waals surface area contributed by atoms with Gasteiger partial charge in [0.25, 0.3) is 0 Å². The smallest absolute Gasteiger partial charge is 0.180 e. The van der Waals surface area contributed by atoms with Gasteiger partial charge in [-0.3, -0.25) is 9.08 Å². The molecule has 30 heavy (non-hydrogen) atoms. The second kappa shape index (κ2) is 10.1. The molecule has 0 spiro atoms. The molecule has 0 fully saturated rings. The van der Waals surface area contributed by atoms with Crippen molar-refractivity contribution >= 4 is 11.5 Å². The van der Waals surface area contributed by atoms with Gasteiger partial charge in [-0.15, -0.1) is 0 Å². The van der Waals surface area contributed by atoms with E-state index in [-0.39, 0.29) is 6.04 Å². The minimum absolute atomic E-state index is 0.265. The van der Waals surface area contributed by atoms with E-state index in [0.717, 1.165) is 47.6 Å². The number of imidazole rings is 1. The van der Waals surface area contributed by atoms with Crippen LogP contribution in [0.15, 0.2) is 66.9 Å². The third-order valence-electron chi connectivity index (χ3n) is 4.77. The topological polar surface area (TPSA) is 60.0 Å². The fourth-order valence-corrected chi connectivity index (χ4v) is 3.52. The molecule has 6 heteroatoms. The molecule has 0 amide bonds. The van der Waals surface area contributed by atoms with Crippen LogP contribution in [0.1, 0.15) is 46.5 Å². The van der Waals surface area contributed by atoms with E-state index in [1.165, 1.54) is 12.0 Å². The van der Waals surface area contributed by atoms with Crippen molar-refractivity contribution in [1.29, 1.82) is 0 Å². The average molecular weight is 405 g/mol. The number of aromatic nitrogens is 5. The zero-order valence-electron chi connectivity index (χ0n) is 18.5. The monoisotopic (exact) mass is 404 g/mol. The lowest BCUT2D eigenvalue weighted by Gasteiger charge is -2.19. The molecule has 0 bridgehead atoms. The molecule has 3 aromatic rings. The van der Waals surface area contributed by atoms with Crippen LogP contribution in [0.3, 0.4) is 0 Å². The Balaban J connectivity index is 0.000000806. The molecular weight excluding hydrogens is 372 g/mol. The molecule has 0 saturated heterocycles. The Morgan fingerprint density at radius 3 is 2.77 bits per heavy atom. The number of aryl methyl sites for hydroxylation is 1. The fourth-order valence-electron chi connectivity index (χ4n) is 3.52. The van der Waals surface area contributed by atoms with E-state index in [9.17, 15) is 0 Å². The third-order valence-corrected chi connectivity index (χ3v) is 4.77. The van der Waals surface area contributed by atoms with Crippen LogP contribution < -0.4 is 5.32 Å². The number of hydrogen-bond acceptors (Lipinski definition) is 4. The van der Waals surface area contributed by atoms with Gasteiger partial charge >= 0.3 is 0 Å². The Labute approximate surface area is 179 Å². The van der Waals surface area contributed by atoms with E-state index in [0.29, 0.717) is 0 Å². The van der Waals surface area contributed by atoms with Crippen molar-refractivity contribution in [2.45, 2.75) is 52.5 Å². The van der Waals surface area contributed by atoms with Gasteiger partial charge in [-0.1, -0.05) is 56.2 Å². The Bertz CT molecular complexity index is 1050. The fraction of sp³-hybridized carbons (Fsp3) is 0.375. The minimum atomic E-state index is 0.265. The predicted molar refractivity (Wildman–Crippen MR) is 124 cm³/mol. The van der Waals surface area contributed by atoms with E-state index >= 15 is 0 Å². The van der Waals surface area contributed by atoms with Crippen molar-refractivity contribution < 1.29 is 0 Å². The normalized spacial score (nSPS) is 19.7. The number of anilines is 1. The molecule has 0 aromatic carbocycles. The van der Waals surface area contributed by atoms with Crippen LogP contribution in [0, 0.1) is 0 Å². The Morgan fingerprint density at radius 1 is 1.23 bits per heavy atom. The van der Waals surface area contributed by atoms with Gasteiger partial charge in [0.15, 0.2) is 11.5 Å². The first-order valence-electron chi connectivity index (χ1n) is 10.6. The van der Waals surface area contributed by atoms with Gasteiger partial charge in [-0.25, -0.2) is 9.97 Å². The van der Waals surface area contributed by atoms with E-state index in [4.69, 9.17) is 0 Å². The molecule has 3 aromatic heterocycles. The summed E-state index contributed by atoms with van der Waals surface area (Å²) < 4.78 is 3.85. The predicted octanol–water partition coefficient (Wildman–Crippen LogP) is 5.57. The molecule has 1 aliphatic carbocycles. The van der Waals surface area contributed by atoms with E-state index in [1.807, 2.05) is 38.0 Å². The summed E-state index contributed by atoms with van der Waals surface area (Å²) in [5, 5.41) is 7.86. The zero-order chi connectivity index (χ0) is 21.5. The molecule has 1 unspecified atom stereocenters. The van der Waals surface area contributed by atoms with E-state index in [2.05, 4.69) is 70.4 Å². The van der Waals surface area contributed by atoms with Gasteiger partial charge in [0.1, 0.15) is 0 Å². The molecule has 3 heterocycles. The van der Waals surface area contributed by atoms with Crippen LogP contribution in [-0.2, 0) is 7.05 Å². The van der Waals surface area contributed by atoms with Crippen molar-refractivity contribution in [3.63, 3.8) is 0 Å². The number of hydrogen-bond donors (Lipinski definition) is 1. The van der Waals surface area contributed by atoms with Crippen LogP contribution >= 0.6 is 0 Å². The highest BCUT2D eigenvalue weighted by molar-refractivity contribution is 5.70. The van der Waals surface area contributed by atoms with E-state index in [1.54, 1.807) is 4.68 Å². The highest BCUT2D eigenvalue weighted by Crippen LogP contribution is 2.25. The summed E-state index contributed by atoms with van der Waals surface area (Å²) in [6.45, 7) is 10.6. The molecular formula is C24H32N6. The Morgan fingerprint density at radius 2 is 2.03 bits per heavy atom. The molecule has 0 aliphatic heterocycles. The second-order valence-corrected chi connectivity index (χ2v) is 7.79. The summed E-state index contributed by atoms with van der Waals surface area (Å²) in [5.74, 6) is 0.800. The maximum atomic E-state index is 4.61. The summed E-state index contributed by atoms with van der Waals surface area (Å²) in [6, 6.07) is 0.265. The van der Waals surface area contributed by atoms with Gasteiger partial charge in [-0.2, -0.15) is 5.10 Å². The SMILES string of the molecule is C=C1/C=C(C)\C=C/CCC(Nc2nccn3c(-c4cnn(C)c4)cnc23)C1.CCC. The van der Waals surface area contributed by atoms with Crippen LogP contribution in [-0.4, -0.2) is 30.2 Å². The van der Waals surface area contributed by atoms with Gasteiger partial charge in [0, 0.05) is 37.2 Å². The van der Waals surface area contributed by atoms with Gasteiger partial charge in [-0.05, 0) is 26.2 Å². The number of fused-ring (bicyclic) bond motifs is 1. The molecule has 6 nitrogen and oxygen atoms in total. The maximum absolute atomic E-state index is 4.61. The first-order valence-corrected chi connectivity index (χ1v) is 10.6. The number of nitrogens with one attached hydrogen (secondary N) is 1. The lowest BCUT2D eigenvalue weighted by atomic mass is 10.0. The summed E-state index contributed by atoms with van der Waals surface area (Å²) in [5.41, 5.74) is 5.23. The van der Waals surface area contributed by atoms with Gasteiger partial charge in [0.2, 0.25) is 0 Å². The van der Waals surface area contributed by atoms with Crippen molar-refractivity contribution in [2.75, 3.05) is 5.32 Å². The number of nitrogens with zero attached hydrogens (tertiary/aromatic N) is 5. The summed E-state index contributed by atoms with van der Waals surface area (Å²) >= 11 is 0. The highest BCUT2D eigenvalue weighted by atomic mass is 15.2. The maximum Gasteiger partial charge on any atom is 0.180 e. The number of allylic oxidation sites excluding steroid dienone is 4. The van der Waals surface area contributed by atoms with Crippen molar-refractivity contribution in [3.05, 3.63) is 66.9 Å². The molecule has 1 N–H and O–H groups in total. The van der Waals surface area contributed by atoms with Crippen molar-refractivity contribution in [2.24, 2.45) is 7.05 Å². The zero-order valence-corrected chi connectivity index (χ0v) is 18.5. The minimum Gasteiger partial charge on any atom is -0.364 e.